The molecule has 1 rings (SSSR count). The molecule has 0 bridgehead atoms. The molecule has 0 heterocycles. The summed E-state index contributed by atoms with van der Waals surface area (Å²) in [5.41, 5.74) is 0.160. The third kappa shape index (κ3) is 2.84. The van der Waals surface area contributed by atoms with Crippen molar-refractivity contribution in [3.05, 3.63) is 29.6 Å². The van der Waals surface area contributed by atoms with E-state index in [4.69, 9.17) is 0 Å². The number of benzene rings is 1. The molecule has 1 aromatic carbocycles. The summed E-state index contributed by atoms with van der Waals surface area (Å²) in [5, 5.41) is 0. The second-order valence-corrected chi connectivity index (χ2v) is 5.85. The van der Waals surface area contributed by atoms with Crippen LogP contribution in [0.1, 0.15) is 31.1 Å². The number of aldehydes is 1. The number of halogens is 1. The van der Waals surface area contributed by atoms with Gasteiger partial charge in [-0.25, -0.2) is 4.39 Å². The maximum atomic E-state index is 13.2. The molecular weight excluding hydrogens is 199 g/mol. The molecule has 0 aliphatic rings. The van der Waals surface area contributed by atoms with Crippen LogP contribution in [-0.4, -0.2) is 11.0 Å². The van der Waals surface area contributed by atoms with Crippen molar-refractivity contribution >= 4 is 18.0 Å². The Hall–Kier alpha value is -0.830. The third-order valence-corrected chi connectivity index (χ3v) is 2.74. The molecule has 0 unspecified atom stereocenters. The fraction of sp³-hybridized carbons (Fsp3) is 0.364. The lowest BCUT2D eigenvalue weighted by Gasteiger charge is -2.18. The summed E-state index contributed by atoms with van der Waals surface area (Å²) in [6.07, 6.45) is 0.573. The van der Waals surface area contributed by atoms with Crippen LogP contribution in [0, 0.1) is 5.82 Å². The molecule has 0 aromatic heterocycles. The highest BCUT2D eigenvalue weighted by Crippen LogP contribution is 2.34. The van der Waals surface area contributed by atoms with Crippen LogP contribution in [0.4, 0.5) is 4.39 Å². The molecule has 0 amide bonds. The van der Waals surface area contributed by atoms with E-state index in [0.717, 1.165) is 0 Å². The van der Waals surface area contributed by atoms with E-state index in [9.17, 15) is 9.18 Å². The minimum atomic E-state index is -0.450. The van der Waals surface area contributed by atoms with Gasteiger partial charge in [0.05, 0.1) is 5.56 Å². The molecule has 0 aliphatic heterocycles. The van der Waals surface area contributed by atoms with Crippen LogP contribution < -0.4 is 0 Å². The molecule has 0 saturated carbocycles. The van der Waals surface area contributed by atoms with Gasteiger partial charge in [0, 0.05) is 9.64 Å². The molecule has 1 nitrogen and oxygen atoms in total. The first-order chi connectivity index (χ1) is 6.44. The zero-order chi connectivity index (χ0) is 10.8. The van der Waals surface area contributed by atoms with Gasteiger partial charge in [-0.05, 0) is 12.1 Å². The van der Waals surface area contributed by atoms with E-state index < -0.39 is 5.82 Å². The zero-order valence-electron chi connectivity index (χ0n) is 8.50. The summed E-state index contributed by atoms with van der Waals surface area (Å²) >= 11 is 1.49. The van der Waals surface area contributed by atoms with Crippen LogP contribution in [0.15, 0.2) is 23.1 Å². The van der Waals surface area contributed by atoms with Crippen LogP contribution in [0.3, 0.4) is 0 Å². The van der Waals surface area contributed by atoms with Crippen molar-refractivity contribution in [2.24, 2.45) is 0 Å². The molecule has 0 spiro atoms. The molecule has 0 radical (unpaired) electrons. The molecule has 1 aromatic rings. The van der Waals surface area contributed by atoms with Gasteiger partial charge in [-0.2, -0.15) is 0 Å². The second-order valence-electron chi connectivity index (χ2n) is 3.98. The molecule has 0 saturated heterocycles. The van der Waals surface area contributed by atoms with E-state index >= 15 is 0 Å². The Balaban J connectivity index is 3.08. The average molecular weight is 212 g/mol. The summed E-state index contributed by atoms with van der Waals surface area (Å²) in [6.45, 7) is 6.07. The molecule has 3 heteroatoms. The summed E-state index contributed by atoms with van der Waals surface area (Å²) < 4.78 is 13.2. The Morgan fingerprint density at radius 3 is 2.50 bits per heavy atom. The van der Waals surface area contributed by atoms with Gasteiger partial charge in [-0.3, -0.25) is 4.79 Å². The third-order valence-electron chi connectivity index (χ3n) is 1.55. The van der Waals surface area contributed by atoms with Crippen molar-refractivity contribution in [2.45, 2.75) is 30.4 Å². The van der Waals surface area contributed by atoms with Crippen molar-refractivity contribution in [3.8, 4) is 0 Å². The number of thioether (sulfide) groups is 1. The molecule has 0 N–H and O–H groups in total. The molecule has 0 fully saturated rings. The van der Waals surface area contributed by atoms with E-state index in [-0.39, 0.29) is 10.3 Å². The summed E-state index contributed by atoms with van der Waals surface area (Å²) in [5.74, 6) is -0.450. The standard InChI is InChI=1S/C11H13FOS/c1-11(2,3)14-10-6-4-5-9(12)8(10)7-13/h4-7H,1-3H3. The van der Waals surface area contributed by atoms with Gasteiger partial charge in [0.15, 0.2) is 6.29 Å². The first-order valence-corrected chi connectivity index (χ1v) is 5.18. The quantitative estimate of drug-likeness (QED) is 0.551. The summed E-state index contributed by atoms with van der Waals surface area (Å²) in [6, 6.07) is 4.69. The predicted molar refractivity (Wildman–Crippen MR) is 57.4 cm³/mol. The van der Waals surface area contributed by atoms with E-state index in [1.54, 1.807) is 12.1 Å². The van der Waals surface area contributed by atoms with Crippen LogP contribution >= 0.6 is 11.8 Å². The van der Waals surface area contributed by atoms with Crippen molar-refractivity contribution in [2.75, 3.05) is 0 Å². The zero-order valence-corrected chi connectivity index (χ0v) is 9.32. The molecule has 76 valence electrons. The lowest BCUT2D eigenvalue weighted by Crippen LogP contribution is -2.08. The highest BCUT2D eigenvalue weighted by atomic mass is 32.2. The Morgan fingerprint density at radius 1 is 1.36 bits per heavy atom. The van der Waals surface area contributed by atoms with Gasteiger partial charge in [0.2, 0.25) is 0 Å². The minimum absolute atomic E-state index is 0.0223. The molecule has 0 atom stereocenters. The van der Waals surface area contributed by atoms with Crippen LogP contribution in [0.2, 0.25) is 0 Å². The normalized spacial score (nSPS) is 11.4. The Kier molecular flexibility index (Phi) is 3.32. The largest absolute Gasteiger partial charge is 0.298 e. The maximum absolute atomic E-state index is 13.2. The van der Waals surface area contributed by atoms with Gasteiger partial charge in [0.25, 0.3) is 0 Å². The smallest absolute Gasteiger partial charge is 0.154 e. The lowest BCUT2D eigenvalue weighted by atomic mass is 10.2. The van der Waals surface area contributed by atoms with Gasteiger partial charge < -0.3 is 0 Å². The van der Waals surface area contributed by atoms with Crippen molar-refractivity contribution in [3.63, 3.8) is 0 Å². The van der Waals surface area contributed by atoms with E-state index in [1.807, 2.05) is 20.8 Å². The first-order valence-electron chi connectivity index (χ1n) is 4.37. The lowest BCUT2D eigenvalue weighted by molar-refractivity contribution is 0.111. The van der Waals surface area contributed by atoms with Crippen molar-refractivity contribution in [1.29, 1.82) is 0 Å². The molecular formula is C11H13FOS. The van der Waals surface area contributed by atoms with E-state index in [1.165, 1.54) is 17.8 Å². The predicted octanol–water partition coefficient (Wildman–Crippen LogP) is 3.53. The van der Waals surface area contributed by atoms with Gasteiger partial charge in [0.1, 0.15) is 5.82 Å². The van der Waals surface area contributed by atoms with Crippen LogP contribution in [-0.2, 0) is 0 Å². The number of rotatable bonds is 2. The average Bonchev–Trinajstić information content (AvgIpc) is 2.01. The number of hydrogen-bond donors (Lipinski definition) is 0. The van der Waals surface area contributed by atoms with E-state index in [2.05, 4.69) is 0 Å². The van der Waals surface area contributed by atoms with Gasteiger partial charge >= 0.3 is 0 Å². The fourth-order valence-corrected chi connectivity index (χ4v) is 2.11. The van der Waals surface area contributed by atoms with E-state index in [0.29, 0.717) is 11.2 Å². The highest BCUT2D eigenvalue weighted by Gasteiger charge is 2.16. The topological polar surface area (TPSA) is 17.1 Å². The molecule has 0 aliphatic carbocycles. The Labute approximate surface area is 87.7 Å². The van der Waals surface area contributed by atoms with Crippen LogP contribution in [0.5, 0.6) is 0 Å². The van der Waals surface area contributed by atoms with Crippen LogP contribution in [0.25, 0.3) is 0 Å². The number of hydrogen-bond acceptors (Lipinski definition) is 2. The van der Waals surface area contributed by atoms with Gasteiger partial charge in [-0.1, -0.05) is 26.8 Å². The summed E-state index contributed by atoms with van der Waals surface area (Å²) in [4.78, 5) is 11.4. The number of carbonyl (C=O) groups is 1. The number of carbonyl (C=O) groups excluding carboxylic acids is 1. The van der Waals surface area contributed by atoms with Crippen molar-refractivity contribution in [1.82, 2.24) is 0 Å². The summed E-state index contributed by atoms with van der Waals surface area (Å²) in [7, 11) is 0. The Morgan fingerprint density at radius 2 is 2.00 bits per heavy atom. The first kappa shape index (κ1) is 11.2. The van der Waals surface area contributed by atoms with Gasteiger partial charge in [-0.15, -0.1) is 11.8 Å². The SMILES string of the molecule is CC(C)(C)Sc1cccc(F)c1C=O. The Bertz CT molecular complexity index is 342. The highest BCUT2D eigenvalue weighted by molar-refractivity contribution is 8.00. The second kappa shape index (κ2) is 4.13. The fourth-order valence-electron chi connectivity index (χ4n) is 1.05. The minimum Gasteiger partial charge on any atom is -0.298 e. The monoisotopic (exact) mass is 212 g/mol. The van der Waals surface area contributed by atoms with Crippen molar-refractivity contribution < 1.29 is 9.18 Å². The maximum Gasteiger partial charge on any atom is 0.154 e. The molecule has 14 heavy (non-hydrogen) atoms.